The van der Waals surface area contributed by atoms with Gasteiger partial charge in [0, 0.05) is 10.6 Å². The van der Waals surface area contributed by atoms with Gasteiger partial charge >= 0.3 is 0 Å². The van der Waals surface area contributed by atoms with Crippen LogP contribution in [0.4, 0.5) is 0 Å². The average Bonchev–Trinajstić information content (AvgIpc) is 2.27. The fraction of sp³-hybridized carbons (Fsp3) is 0.400. The third-order valence-electron chi connectivity index (χ3n) is 2.27. The quantitative estimate of drug-likeness (QED) is 0.745. The van der Waals surface area contributed by atoms with Crippen molar-refractivity contribution in [1.29, 1.82) is 0 Å². The van der Waals surface area contributed by atoms with Gasteiger partial charge in [0.25, 0.3) is 0 Å². The smallest absolute Gasteiger partial charge is 0.128 e. The summed E-state index contributed by atoms with van der Waals surface area (Å²) < 4.78 is 5.45. The number of hydrogen-bond acceptors (Lipinski definition) is 2. The van der Waals surface area contributed by atoms with E-state index >= 15 is 0 Å². The molecule has 0 saturated carbocycles. The molecular weight excluding hydrogens is 223 g/mol. The molecule has 0 saturated heterocycles. The maximum Gasteiger partial charge on any atom is 0.128 e. The number of benzene rings is 1. The van der Waals surface area contributed by atoms with Gasteiger partial charge in [-0.15, -0.1) is 0 Å². The minimum absolute atomic E-state index is 0.474. The lowest BCUT2D eigenvalue weighted by Crippen LogP contribution is -1.97. The van der Waals surface area contributed by atoms with Crippen LogP contribution in [-0.4, -0.2) is 11.7 Å². The van der Waals surface area contributed by atoms with Crippen LogP contribution < -0.4 is 4.74 Å². The SMILES string of the molecule is O[C@@H]1CCCOc2cc(Cl)cc(Cl)c21. The molecule has 4 heteroatoms. The van der Waals surface area contributed by atoms with Crippen LogP contribution in [0, 0.1) is 0 Å². The number of rotatable bonds is 0. The van der Waals surface area contributed by atoms with Gasteiger partial charge in [-0.25, -0.2) is 0 Å². The lowest BCUT2D eigenvalue weighted by atomic mass is 10.1. The van der Waals surface area contributed by atoms with Crippen molar-refractivity contribution in [3.63, 3.8) is 0 Å². The first-order valence-electron chi connectivity index (χ1n) is 4.48. The van der Waals surface area contributed by atoms with Gasteiger partial charge in [0.1, 0.15) is 5.75 Å². The van der Waals surface area contributed by atoms with Gasteiger partial charge in [-0.3, -0.25) is 0 Å². The van der Waals surface area contributed by atoms with Crippen LogP contribution in [-0.2, 0) is 0 Å². The molecule has 0 unspecified atom stereocenters. The Kier molecular flexibility index (Phi) is 2.86. The molecule has 2 nitrogen and oxygen atoms in total. The standard InChI is InChI=1S/C10H10Cl2O2/c11-6-4-7(12)10-8(13)2-1-3-14-9(10)5-6/h4-5,8,13H,1-3H2/t8-/m1/s1. The molecule has 0 aliphatic carbocycles. The third-order valence-corrected chi connectivity index (χ3v) is 2.80. The van der Waals surface area contributed by atoms with E-state index in [1.54, 1.807) is 12.1 Å². The van der Waals surface area contributed by atoms with Gasteiger partial charge in [-0.1, -0.05) is 23.2 Å². The Morgan fingerprint density at radius 3 is 2.93 bits per heavy atom. The van der Waals surface area contributed by atoms with Crippen molar-refractivity contribution in [3.05, 3.63) is 27.7 Å². The molecule has 1 aliphatic rings. The summed E-state index contributed by atoms with van der Waals surface area (Å²) in [5, 5.41) is 10.8. The van der Waals surface area contributed by atoms with Crippen molar-refractivity contribution < 1.29 is 9.84 Å². The number of aliphatic hydroxyl groups is 1. The topological polar surface area (TPSA) is 29.5 Å². The Balaban J connectivity index is 2.53. The van der Waals surface area contributed by atoms with Crippen molar-refractivity contribution >= 4 is 23.2 Å². The molecule has 76 valence electrons. The molecule has 0 aromatic heterocycles. The minimum Gasteiger partial charge on any atom is -0.493 e. The summed E-state index contributed by atoms with van der Waals surface area (Å²) in [5.41, 5.74) is 0.661. The van der Waals surface area contributed by atoms with Crippen LogP contribution in [0.15, 0.2) is 12.1 Å². The summed E-state index contributed by atoms with van der Waals surface area (Å²) in [5.74, 6) is 0.604. The van der Waals surface area contributed by atoms with E-state index in [4.69, 9.17) is 27.9 Å². The summed E-state index contributed by atoms with van der Waals surface area (Å²) >= 11 is 11.8. The van der Waals surface area contributed by atoms with Crippen LogP contribution in [0.25, 0.3) is 0 Å². The van der Waals surface area contributed by atoms with Gasteiger partial charge in [-0.2, -0.15) is 0 Å². The fourth-order valence-corrected chi connectivity index (χ4v) is 2.21. The Hall–Kier alpha value is -0.440. The highest BCUT2D eigenvalue weighted by atomic mass is 35.5. The first kappa shape index (κ1) is 10.1. The highest BCUT2D eigenvalue weighted by Crippen LogP contribution is 2.38. The van der Waals surface area contributed by atoms with Gasteiger partial charge in [0.2, 0.25) is 0 Å². The monoisotopic (exact) mass is 232 g/mol. The van der Waals surface area contributed by atoms with Gasteiger partial charge in [0.15, 0.2) is 0 Å². The number of ether oxygens (including phenoxy) is 1. The predicted molar refractivity (Wildman–Crippen MR) is 56.2 cm³/mol. The molecule has 1 aromatic carbocycles. The second kappa shape index (κ2) is 3.97. The highest BCUT2D eigenvalue weighted by Gasteiger charge is 2.21. The van der Waals surface area contributed by atoms with Gasteiger partial charge in [-0.05, 0) is 25.0 Å². The van der Waals surface area contributed by atoms with E-state index in [0.29, 0.717) is 34.4 Å². The summed E-state index contributed by atoms with van der Waals surface area (Å²) in [4.78, 5) is 0. The maximum absolute atomic E-state index is 9.81. The molecule has 1 aromatic rings. The molecule has 0 radical (unpaired) electrons. The summed E-state index contributed by atoms with van der Waals surface area (Å²) in [6, 6.07) is 3.32. The fourth-order valence-electron chi connectivity index (χ4n) is 1.61. The molecule has 1 atom stereocenters. The van der Waals surface area contributed by atoms with E-state index < -0.39 is 6.10 Å². The minimum atomic E-state index is -0.544. The summed E-state index contributed by atoms with van der Waals surface area (Å²) in [7, 11) is 0. The predicted octanol–water partition coefficient (Wildman–Crippen LogP) is 3.20. The third kappa shape index (κ3) is 1.83. The zero-order chi connectivity index (χ0) is 10.1. The molecular formula is C10H10Cl2O2. The van der Waals surface area contributed by atoms with Crippen molar-refractivity contribution in [2.24, 2.45) is 0 Å². The largest absolute Gasteiger partial charge is 0.493 e. The van der Waals surface area contributed by atoms with Crippen LogP contribution in [0.3, 0.4) is 0 Å². The van der Waals surface area contributed by atoms with Crippen molar-refractivity contribution in [2.45, 2.75) is 18.9 Å². The normalized spacial score (nSPS) is 20.9. The molecule has 0 amide bonds. The van der Waals surface area contributed by atoms with E-state index in [-0.39, 0.29) is 0 Å². The summed E-state index contributed by atoms with van der Waals surface area (Å²) in [6.45, 7) is 0.598. The second-order valence-electron chi connectivity index (χ2n) is 3.31. The average molecular weight is 233 g/mol. The van der Waals surface area contributed by atoms with E-state index in [2.05, 4.69) is 0 Å². The highest BCUT2D eigenvalue weighted by molar-refractivity contribution is 6.35. The molecule has 0 fully saturated rings. The molecule has 1 aliphatic heterocycles. The van der Waals surface area contributed by atoms with E-state index in [0.717, 1.165) is 6.42 Å². The van der Waals surface area contributed by atoms with Gasteiger partial charge in [0.05, 0.1) is 17.7 Å². The van der Waals surface area contributed by atoms with Crippen LogP contribution in [0.2, 0.25) is 10.0 Å². The zero-order valence-electron chi connectivity index (χ0n) is 7.46. The Labute approximate surface area is 92.4 Å². The first-order valence-corrected chi connectivity index (χ1v) is 5.24. The Bertz CT molecular complexity index is 352. The van der Waals surface area contributed by atoms with E-state index in [1.165, 1.54) is 0 Å². The molecule has 0 bridgehead atoms. The Morgan fingerprint density at radius 2 is 2.14 bits per heavy atom. The summed E-state index contributed by atoms with van der Waals surface area (Å²) in [6.07, 6.45) is 0.954. The van der Waals surface area contributed by atoms with Crippen LogP contribution >= 0.6 is 23.2 Å². The molecule has 2 rings (SSSR count). The van der Waals surface area contributed by atoms with Crippen LogP contribution in [0.1, 0.15) is 24.5 Å². The number of aliphatic hydroxyl groups excluding tert-OH is 1. The lowest BCUT2D eigenvalue weighted by Gasteiger charge is -2.12. The molecule has 1 heterocycles. The zero-order valence-corrected chi connectivity index (χ0v) is 8.98. The molecule has 1 N–H and O–H groups in total. The number of halogens is 2. The number of hydrogen-bond donors (Lipinski definition) is 1. The van der Waals surface area contributed by atoms with Gasteiger partial charge < -0.3 is 9.84 Å². The van der Waals surface area contributed by atoms with Crippen molar-refractivity contribution in [2.75, 3.05) is 6.61 Å². The number of fused-ring (bicyclic) bond motifs is 1. The molecule has 14 heavy (non-hydrogen) atoms. The van der Waals surface area contributed by atoms with Crippen molar-refractivity contribution in [1.82, 2.24) is 0 Å². The van der Waals surface area contributed by atoms with Crippen molar-refractivity contribution in [3.8, 4) is 5.75 Å². The first-order chi connectivity index (χ1) is 6.68. The maximum atomic E-state index is 9.81. The second-order valence-corrected chi connectivity index (χ2v) is 4.15. The Morgan fingerprint density at radius 1 is 1.36 bits per heavy atom. The van der Waals surface area contributed by atoms with E-state index in [1.807, 2.05) is 0 Å². The lowest BCUT2D eigenvalue weighted by molar-refractivity contribution is 0.167. The van der Waals surface area contributed by atoms with Crippen LogP contribution in [0.5, 0.6) is 5.75 Å². The van der Waals surface area contributed by atoms with E-state index in [9.17, 15) is 5.11 Å². The molecule has 0 spiro atoms.